The molecule has 0 aliphatic carbocycles. The molecular formula is C10H12N2O6P2. The molecular weight excluding hydrogens is 306 g/mol. The molecule has 0 bridgehead atoms. The lowest BCUT2D eigenvalue weighted by molar-refractivity contribution is -0.0803. The first kappa shape index (κ1) is 15.2. The first-order valence-electron chi connectivity index (χ1n) is 5.72. The maximum absolute atomic E-state index is 11.7. The average Bonchev–Trinajstić information content (AvgIpc) is 2.61. The van der Waals surface area contributed by atoms with Gasteiger partial charge in [-0.05, 0) is 6.92 Å². The summed E-state index contributed by atoms with van der Waals surface area (Å²) in [6.45, 7) is 1.38. The van der Waals surface area contributed by atoms with E-state index in [0.717, 1.165) is 10.6 Å². The van der Waals surface area contributed by atoms with Gasteiger partial charge in [-0.25, -0.2) is 4.79 Å². The number of aromatic amines is 1. The van der Waals surface area contributed by atoms with Crippen molar-refractivity contribution in [1.82, 2.24) is 9.55 Å². The summed E-state index contributed by atoms with van der Waals surface area (Å²) < 4.78 is 28.5. The van der Waals surface area contributed by atoms with Crippen molar-refractivity contribution in [3.63, 3.8) is 0 Å². The zero-order chi connectivity index (χ0) is 14.9. The van der Waals surface area contributed by atoms with Crippen LogP contribution in [0.3, 0.4) is 0 Å². The first-order chi connectivity index (χ1) is 9.41. The largest absolute Gasteiger partial charge is 0.384 e. The van der Waals surface area contributed by atoms with Crippen molar-refractivity contribution in [1.29, 1.82) is 0 Å². The maximum Gasteiger partial charge on any atom is 0.330 e. The third kappa shape index (κ3) is 2.52. The number of ether oxygens (including phenoxy) is 1. The van der Waals surface area contributed by atoms with E-state index < -0.39 is 34.8 Å². The number of hydrogen-bond acceptors (Lipinski definition) is 6. The van der Waals surface area contributed by atoms with E-state index in [1.165, 1.54) is 13.1 Å². The van der Waals surface area contributed by atoms with Crippen molar-refractivity contribution >= 4 is 16.9 Å². The molecule has 0 aromatic carbocycles. The van der Waals surface area contributed by atoms with Crippen molar-refractivity contribution < 1.29 is 19.0 Å². The van der Waals surface area contributed by atoms with E-state index in [2.05, 4.69) is 0 Å². The minimum absolute atomic E-state index is 0.0463. The van der Waals surface area contributed by atoms with Crippen LogP contribution in [0.2, 0.25) is 0 Å². The topological polar surface area (TPSA) is 118 Å². The molecule has 0 amide bonds. The third-order valence-corrected chi connectivity index (χ3v) is 4.82. The Labute approximate surface area is 116 Å². The lowest BCUT2D eigenvalue weighted by atomic mass is 10.00. The smallest absolute Gasteiger partial charge is 0.330 e. The van der Waals surface area contributed by atoms with Crippen LogP contribution in [-0.2, 0) is 13.9 Å². The van der Waals surface area contributed by atoms with Gasteiger partial charge in [0.05, 0.1) is 17.9 Å². The summed E-state index contributed by atoms with van der Waals surface area (Å²) in [6.07, 6.45) is -0.613. The lowest BCUT2D eigenvalue weighted by Gasteiger charge is -2.27. The van der Waals surface area contributed by atoms with E-state index in [1.807, 2.05) is 4.98 Å². The summed E-state index contributed by atoms with van der Waals surface area (Å²) in [5, 5.41) is 10.5. The molecule has 1 aliphatic rings. The van der Waals surface area contributed by atoms with Gasteiger partial charge in [-0.15, -0.1) is 0 Å². The number of nitrogens with one attached hydrogen (secondary N) is 1. The van der Waals surface area contributed by atoms with E-state index in [1.54, 1.807) is 0 Å². The second-order valence-electron chi connectivity index (χ2n) is 4.63. The van der Waals surface area contributed by atoms with Gasteiger partial charge in [0, 0.05) is 12.3 Å². The summed E-state index contributed by atoms with van der Waals surface area (Å²) in [6, 6.07) is 1.12. The van der Waals surface area contributed by atoms with Crippen molar-refractivity contribution in [2.75, 3.05) is 6.16 Å². The van der Waals surface area contributed by atoms with Crippen LogP contribution in [0.4, 0.5) is 0 Å². The van der Waals surface area contributed by atoms with Gasteiger partial charge in [0.1, 0.15) is 5.60 Å². The van der Waals surface area contributed by atoms with Crippen molar-refractivity contribution in [3.8, 4) is 0 Å². The Bertz CT molecular complexity index is 639. The summed E-state index contributed by atoms with van der Waals surface area (Å²) in [5.74, 6) is 0. The second-order valence-corrected chi connectivity index (χ2v) is 6.02. The van der Waals surface area contributed by atoms with Crippen LogP contribution in [0.5, 0.6) is 0 Å². The molecule has 1 aliphatic heterocycles. The minimum Gasteiger partial charge on any atom is -0.384 e. The SMILES string of the molecule is C[C@]1(O)[C@H](P=O)C(CP=O)O[C@H]1n1ccc(=O)[nH]c1=O. The van der Waals surface area contributed by atoms with Crippen molar-refractivity contribution in [2.24, 2.45) is 0 Å². The van der Waals surface area contributed by atoms with Crippen LogP contribution in [0.15, 0.2) is 21.9 Å². The maximum atomic E-state index is 11.7. The van der Waals surface area contributed by atoms with Gasteiger partial charge < -0.3 is 9.84 Å². The monoisotopic (exact) mass is 318 g/mol. The Morgan fingerprint density at radius 1 is 1.50 bits per heavy atom. The molecule has 4 atom stereocenters. The molecule has 0 saturated carbocycles. The zero-order valence-electron chi connectivity index (χ0n) is 10.4. The van der Waals surface area contributed by atoms with Gasteiger partial charge in [0.15, 0.2) is 23.1 Å². The molecule has 2 heterocycles. The predicted octanol–water partition coefficient (Wildman–Crippen LogP) is 0.137. The van der Waals surface area contributed by atoms with Crippen LogP contribution < -0.4 is 11.2 Å². The molecule has 8 nitrogen and oxygen atoms in total. The van der Waals surface area contributed by atoms with Crippen molar-refractivity contribution in [2.45, 2.75) is 30.5 Å². The van der Waals surface area contributed by atoms with E-state index in [-0.39, 0.29) is 23.1 Å². The molecule has 1 aromatic rings. The summed E-state index contributed by atoms with van der Waals surface area (Å²) >= 11 is 0. The van der Waals surface area contributed by atoms with Crippen LogP contribution >= 0.6 is 16.9 Å². The second kappa shape index (κ2) is 5.66. The number of nitrogens with zero attached hydrogens (tertiary/aromatic N) is 1. The molecule has 0 spiro atoms. The standard InChI is InChI=1S/C10H12N2O6P2/c1-10(15)7(20-17)5(4-19-16)18-8(10)12-3-2-6(13)11-9(12)14/h2-3,5,7-8,15H,4H2,1H3,(H,11,13,14)/t5?,7-,8-,10+/m1/s1. The Kier molecular flexibility index (Phi) is 4.30. The van der Waals surface area contributed by atoms with Gasteiger partial charge in [-0.1, -0.05) is 0 Å². The Morgan fingerprint density at radius 3 is 2.75 bits per heavy atom. The van der Waals surface area contributed by atoms with Crippen LogP contribution in [0, 0.1) is 0 Å². The van der Waals surface area contributed by atoms with Gasteiger partial charge in [0.2, 0.25) is 0 Å². The highest BCUT2D eigenvalue weighted by Gasteiger charge is 2.54. The fourth-order valence-corrected chi connectivity index (χ4v) is 3.51. The average molecular weight is 318 g/mol. The predicted molar refractivity (Wildman–Crippen MR) is 69.7 cm³/mol. The quantitative estimate of drug-likeness (QED) is 0.762. The summed E-state index contributed by atoms with van der Waals surface area (Å²) in [5.41, 5.74) is -3.75. The molecule has 20 heavy (non-hydrogen) atoms. The van der Waals surface area contributed by atoms with E-state index in [9.17, 15) is 23.8 Å². The first-order valence-corrected chi connectivity index (χ1v) is 7.60. The van der Waals surface area contributed by atoms with Gasteiger partial charge in [-0.2, -0.15) is 0 Å². The molecule has 1 fully saturated rings. The zero-order valence-corrected chi connectivity index (χ0v) is 12.2. The van der Waals surface area contributed by atoms with E-state index >= 15 is 0 Å². The highest BCUT2D eigenvalue weighted by molar-refractivity contribution is 7.26. The Balaban J connectivity index is 2.46. The van der Waals surface area contributed by atoms with E-state index in [0.29, 0.717) is 0 Å². The molecule has 10 heteroatoms. The number of hydrogen-bond donors (Lipinski definition) is 2. The minimum atomic E-state index is -1.61. The number of rotatable bonds is 4. The van der Waals surface area contributed by atoms with Gasteiger partial charge in [0.25, 0.3) is 5.56 Å². The third-order valence-electron chi connectivity index (χ3n) is 3.23. The highest BCUT2D eigenvalue weighted by atomic mass is 31.1. The molecule has 1 unspecified atom stereocenters. The molecule has 0 radical (unpaired) electrons. The van der Waals surface area contributed by atoms with Crippen LogP contribution in [0.25, 0.3) is 0 Å². The van der Waals surface area contributed by atoms with Gasteiger partial charge in [-0.3, -0.25) is 23.5 Å². The highest BCUT2D eigenvalue weighted by Crippen LogP contribution is 2.43. The van der Waals surface area contributed by atoms with Crippen molar-refractivity contribution in [3.05, 3.63) is 33.1 Å². The normalized spacial score (nSPS) is 33.8. The van der Waals surface area contributed by atoms with Crippen LogP contribution in [-0.4, -0.2) is 38.2 Å². The lowest BCUT2D eigenvalue weighted by Crippen LogP contribution is -2.44. The molecule has 2 N–H and O–H groups in total. The summed E-state index contributed by atoms with van der Waals surface area (Å²) in [7, 11) is -0.583. The Hall–Kier alpha value is -1.20. The molecule has 108 valence electrons. The molecule has 1 saturated heterocycles. The molecule has 1 aromatic heterocycles. The fraction of sp³-hybridized carbons (Fsp3) is 0.600. The fourth-order valence-electron chi connectivity index (χ4n) is 2.25. The summed E-state index contributed by atoms with van der Waals surface area (Å²) in [4.78, 5) is 24.8. The van der Waals surface area contributed by atoms with Gasteiger partial charge >= 0.3 is 5.69 Å². The Morgan fingerprint density at radius 2 is 2.20 bits per heavy atom. The number of aliphatic hydroxyl groups is 1. The number of aromatic nitrogens is 2. The molecule has 2 rings (SSSR count). The van der Waals surface area contributed by atoms with E-state index in [4.69, 9.17) is 4.74 Å². The van der Waals surface area contributed by atoms with Crippen LogP contribution in [0.1, 0.15) is 13.2 Å². The number of H-pyrrole nitrogens is 1.